The van der Waals surface area contributed by atoms with Crippen molar-refractivity contribution < 1.29 is 4.74 Å². The minimum atomic E-state index is -0.548. The second-order valence-electron chi connectivity index (χ2n) is 9.02. The maximum absolute atomic E-state index is 7.49. The highest BCUT2D eigenvalue weighted by molar-refractivity contribution is 5.85. The van der Waals surface area contributed by atoms with Crippen LogP contribution in [-0.2, 0) is 23.0 Å². The summed E-state index contributed by atoms with van der Waals surface area (Å²) >= 11 is 0. The predicted molar refractivity (Wildman–Crippen MR) is 134 cm³/mol. The molecular formula is C31H27NO. The molecule has 2 heteroatoms. The van der Waals surface area contributed by atoms with Gasteiger partial charge in [0.15, 0.2) is 0 Å². The molecule has 0 amide bonds. The van der Waals surface area contributed by atoms with Gasteiger partial charge in [0.1, 0.15) is 11.2 Å². The Morgan fingerprint density at radius 3 is 1.61 bits per heavy atom. The molecule has 0 N–H and O–H groups in total. The number of rotatable bonds is 4. The lowest BCUT2D eigenvalue weighted by Crippen LogP contribution is -2.34. The predicted octanol–water partition coefficient (Wildman–Crippen LogP) is 7.18. The number of para-hydroxylation sites is 1. The summed E-state index contributed by atoms with van der Waals surface area (Å²) in [7, 11) is 2.13. The lowest BCUT2D eigenvalue weighted by Gasteiger charge is -2.37. The number of aryl methyl sites for hydroxylation is 1. The van der Waals surface area contributed by atoms with Crippen LogP contribution in [-0.4, -0.2) is 4.57 Å². The first-order chi connectivity index (χ1) is 16.2. The minimum absolute atomic E-state index is 0.519. The Bertz CT molecular complexity index is 1350. The van der Waals surface area contributed by atoms with Crippen molar-refractivity contribution in [3.8, 4) is 0 Å². The van der Waals surface area contributed by atoms with Crippen LogP contribution in [0, 0.1) is 0 Å². The average molecular weight is 430 g/mol. The molecule has 1 aliphatic rings. The highest BCUT2D eigenvalue weighted by Gasteiger charge is 2.53. The van der Waals surface area contributed by atoms with E-state index in [4.69, 9.17) is 4.74 Å². The zero-order valence-corrected chi connectivity index (χ0v) is 18.8. The first kappa shape index (κ1) is 20.0. The Kier molecular flexibility index (Phi) is 4.70. The number of hydrogen-bond donors (Lipinski definition) is 0. The quantitative estimate of drug-likeness (QED) is 0.295. The third-order valence-corrected chi connectivity index (χ3v) is 7.23. The second kappa shape index (κ2) is 7.75. The SMILES string of the molecule is Cn1cc(C2(c3ccccc3)CCC(c3ccccc3)(c3ccccc3)O2)c2ccccc21. The van der Waals surface area contributed by atoms with Crippen LogP contribution in [0.2, 0.25) is 0 Å². The van der Waals surface area contributed by atoms with Crippen LogP contribution in [0.15, 0.2) is 121 Å². The van der Waals surface area contributed by atoms with E-state index in [0.29, 0.717) is 0 Å². The van der Waals surface area contributed by atoms with Crippen molar-refractivity contribution in [3.05, 3.63) is 144 Å². The smallest absolute Gasteiger partial charge is 0.122 e. The zero-order chi connectivity index (χ0) is 22.3. The summed E-state index contributed by atoms with van der Waals surface area (Å²) in [5.74, 6) is 0. The maximum atomic E-state index is 7.49. The van der Waals surface area contributed by atoms with Crippen molar-refractivity contribution in [2.45, 2.75) is 24.0 Å². The van der Waals surface area contributed by atoms with Crippen LogP contribution in [0.1, 0.15) is 35.1 Å². The summed E-state index contributed by atoms with van der Waals surface area (Å²) in [6, 6.07) is 40.8. The first-order valence-corrected chi connectivity index (χ1v) is 11.6. The Morgan fingerprint density at radius 2 is 1.03 bits per heavy atom. The Hall–Kier alpha value is -3.62. The highest BCUT2D eigenvalue weighted by Crippen LogP contribution is 2.56. The van der Waals surface area contributed by atoms with E-state index in [0.717, 1.165) is 12.8 Å². The van der Waals surface area contributed by atoms with Gasteiger partial charge in [0.2, 0.25) is 0 Å². The second-order valence-corrected chi connectivity index (χ2v) is 9.02. The number of hydrogen-bond acceptors (Lipinski definition) is 1. The lowest BCUT2D eigenvalue weighted by atomic mass is 9.81. The van der Waals surface area contributed by atoms with Crippen molar-refractivity contribution in [1.29, 1.82) is 0 Å². The number of fused-ring (bicyclic) bond motifs is 1. The van der Waals surface area contributed by atoms with E-state index in [1.807, 2.05) is 0 Å². The van der Waals surface area contributed by atoms with Gasteiger partial charge in [-0.15, -0.1) is 0 Å². The Morgan fingerprint density at radius 1 is 0.576 bits per heavy atom. The fourth-order valence-electron chi connectivity index (χ4n) is 5.66. The van der Waals surface area contributed by atoms with Crippen LogP contribution < -0.4 is 0 Å². The largest absolute Gasteiger partial charge is 0.350 e. The van der Waals surface area contributed by atoms with Crippen molar-refractivity contribution in [2.75, 3.05) is 0 Å². The van der Waals surface area contributed by atoms with Crippen LogP contribution in [0.4, 0.5) is 0 Å². The van der Waals surface area contributed by atoms with Crippen LogP contribution in [0.5, 0.6) is 0 Å². The summed E-state index contributed by atoms with van der Waals surface area (Å²) in [6.07, 6.45) is 4.07. The van der Waals surface area contributed by atoms with Gasteiger partial charge in [0.05, 0.1) is 0 Å². The van der Waals surface area contributed by atoms with Crippen LogP contribution in [0.3, 0.4) is 0 Å². The van der Waals surface area contributed by atoms with Crippen LogP contribution >= 0.6 is 0 Å². The van der Waals surface area contributed by atoms with Crippen LogP contribution in [0.25, 0.3) is 10.9 Å². The molecule has 1 fully saturated rings. The molecule has 0 aliphatic carbocycles. The van der Waals surface area contributed by atoms with E-state index >= 15 is 0 Å². The first-order valence-electron chi connectivity index (χ1n) is 11.6. The number of aromatic nitrogens is 1. The third kappa shape index (κ3) is 3.06. The van der Waals surface area contributed by atoms with Gasteiger partial charge in [-0.1, -0.05) is 109 Å². The highest BCUT2D eigenvalue weighted by atomic mass is 16.5. The molecule has 1 atom stereocenters. The van der Waals surface area contributed by atoms with Crippen molar-refractivity contribution in [3.63, 3.8) is 0 Å². The van der Waals surface area contributed by atoms with Gasteiger partial charge in [-0.2, -0.15) is 0 Å². The van der Waals surface area contributed by atoms with Gasteiger partial charge < -0.3 is 9.30 Å². The Balaban J connectivity index is 1.63. The zero-order valence-electron chi connectivity index (χ0n) is 18.8. The molecule has 33 heavy (non-hydrogen) atoms. The molecule has 0 saturated carbocycles. The summed E-state index contributed by atoms with van der Waals surface area (Å²) in [6.45, 7) is 0. The van der Waals surface area contributed by atoms with E-state index in [1.165, 1.54) is 33.2 Å². The van der Waals surface area contributed by atoms with E-state index in [9.17, 15) is 0 Å². The molecule has 6 rings (SSSR count). The van der Waals surface area contributed by atoms with Gasteiger partial charge in [0.25, 0.3) is 0 Å². The van der Waals surface area contributed by atoms with Gasteiger partial charge in [-0.25, -0.2) is 0 Å². The molecule has 1 unspecified atom stereocenters. The van der Waals surface area contributed by atoms with Gasteiger partial charge in [-0.3, -0.25) is 0 Å². The maximum Gasteiger partial charge on any atom is 0.122 e. The van der Waals surface area contributed by atoms with E-state index < -0.39 is 11.2 Å². The fraction of sp³-hybridized carbons (Fsp3) is 0.161. The van der Waals surface area contributed by atoms with E-state index in [-0.39, 0.29) is 0 Å². The van der Waals surface area contributed by atoms with Crippen molar-refractivity contribution in [1.82, 2.24) is 4.57 Å². The van der Waals surface area contributed by atoms with Crippen molar-refractivity contribution in [2.24, 2.45) is 7.05 Å². The monoisotopic (exact) mass is 429 g/mol. The van der Waals surface area contributed by atoms with Crippen molar-refractivity contribution >= 4 is 10.9 Å². The lowest BCUT2D eigenvalue weighted by molar-refractivity contribution is -0.0674. The topological polar surface area (TPSA) is 14.2 Å². The molecular weight excluding hydrogens is 402 g/mol. The summed E-state index contributed by atoms with van der Waals surface area (Å²) < 4.78 is 9.71. The fourth-order valence-corrected chi connectivity index (χ4v) is 5.66. The molecule has 2 nitrogen and oxygen atoms in total. The molecule has 162 valence electrons. The van der Waals surface area contributed by atoms with E-state index in [2.05, 4.69) is 133 Å². The molecule has 0 spiro atoms. The summed E-state index contributed by atoms with van der Waals surface area (Å²) in [5, 5.41) is 1.25. The summed E-state index contributed by atoms with van der Waals surface area (Å²) in [4.78, 5) is 0. The normalized spacial score (nSPS) is 19.7. The number of ether oxygens (including phenoxy) is 1. The molecule has 1 saturated heterocycles. The molecule has 2 heterocycles. The number of nitrogens with zero attached hydrogens (tertiary/aromatic N) is 1. The van der Waals surface area contributed by atoms with Gasteiger partial charge >= 0.3 is 0 Å². The molecule has 0 radical (unpaired) electrons. The molecule has 0 bridgehead atoms. The number of benzene rings is 4. The van der Waals surface area contributed by atoms with Gasteiger partial charge in [0, 0.05) is 29.7 Å². The average Bonchev–Trinajstić information content (AvgIpc) is 3.47. The molecule has 1 aromatic heterocycles. The molecule has 5 aromatic rings. The molecule has 4 aromatic carbocycles. The minimum Gasteiger partial charge on any atom is -0.350 e. The Labute approximate surface area is 195 Å². The van der Waals surface area contributed by atoms with E-state index in [1.54, 1.807) is 0 Å². The molecule has 1 aliphatic heterocycles. The van der Waals surface area contributed by atoms with Gasteiger partial charge in [-0.05, 0) is 35.6 Å². The standard InChI is InChI=1S/C31H27NO/c1-32-23-28(27-19-11-12-20-29(27)32)31(26-17-9-4-10-18-26)22-21-30(33-31,24-13-5-2-6-14-24)25-15-7-3-8-16-25/h2-20,23H,21-22H2,1H3. The third-order valence-electron chi connectivity index (χ3n) is 7.23. The summed E-state index contributed by atoms with van der Waals surface area (Å²) in [5.41, 5.74) is 5.01.